The van der Waals surface area contributed by atoms with Gasteiger partial charge in [-0.15, -0.1) is 0 Å². The van der Waals surface area contributed by atoms with Gasteiger partial charge in [0.25, 0.3) is 5.91 Å². The van der Waals surface area contributed by atoms with E-state index in [1.165, 1.54) is 37.6 Å². The number of fused-ring (bicyclic) bond motifs is 1. The molecule has 172 valence electrons. The molecule has 0 fully saturated rings. The van der Waals surface area contributed by atoms with Crippen LogP contribution in [0.5, 0.6) is 11.5 Å². The van der Waals surface area contributed by atoms with E-state index in [-0.39, 0.29) is 12.4 Å². The third-order valence-corrected chi connectivity index (χ3v) is 5.27. The van der Waals surface area contributed by atoms with Gasteiger partial charge in [0, 0.05) is 17.3 Å². The molecule has 4 aromatic rings. The fourth-order valence-corrected chi connectivity index (χ4v) is 3.62. The van der Waals surface area contributed by atoms with Gasteiger partial charge in [0.15, 0.2) is 18.1 Å². The molecule has 0 saturated carbocycles. The van der Waals surface area contributed by atoms with Crippen LogP contribution in [0, 0.1) is 12.7 Å². The number of ether oxygens (including phenoxy) is 2. The Labute approximate surface area is 195 Å². The lowest BCUT2D eigenvalue weighted by Gasteiger charge is -2.09. The van der Waals surface area contributed by atoms with Crippen LogP contribution in [0.3, 0.4) is 0 Å². The average molecular weight is 459 g/mol. The molecule has 0 unspecified atom stereocenters. The monoisotopic (exact) mass is 459 g/mol. The van der Waals surface area contributed by atoms with Crippen LogP contribution in [0.2, 0.25) is 0 Å². The molecule has 34 heavy (non-hydrogen) atoms. The summed E-state index contributed by atoms with van der Waals surface area (Å²) in [5, 5.41) is 4.05. The summed E-state index contributed by atoms with van der Waals surface area (Å²) in [5.41, 5.74) is 5.35. The Hall–Kier alpha value is -4.46. The van der Waals surface area contributed by atoms with E-state index < -0.39 is 11.7 Å². The molecule has 0 aliphatic rings. The van der Waals surface area contributed by atoms with Crippen molar-refractivity contribution in [2.24, 2.45) is 5.10 Å². The number of halogens is 1. The van der Waals surface area contributed by atoms with Gasteiger partial charge in [-0.3, -0.25) is 9.59 Å². The van der Waals surface area contributed by atoms with Crippen LogP contribution in [-0.4, -0.2) is 36.0 Å². The summed E-state index contributed by atoms with van der Waals surface area (Å²) in [6, 6.07) is 17.9. The molecule has 1 amide bonds. The van der Waals surface area contributed by atoms with E-state index in [1.807, 2.05) is 18.2 Å². The molecule has 8 heteroatoms. The van der Waals surface area contributed by atoms with Crippen molar-refractivity contribution in [2.75, 3.05) is 13.7 Å². The van der Waals surface area contributed by atoms with Crippen LogP contribution < -0.4 is 14.9 Å². The van der Waals surface area contributed by atoms with Gasteiger partial charge >= 0.3 is 0 Å². The first-order valence-electron chi connectivity index (χ1n) is 10.5. The second-order valence-corrected chi connectivity index (χ2v) is 7.41. The van der Waals surface area contributed by atoms with Gasteiger partial charge in [0.1, 0.15) is 5.82 Å². The number of hydrazone groups is 1. The maximum absolute atomic E-state index is 13.3. The second kappa shape index (κ2) is 9.99. The minimum absolute atomic E-state index is 0.243. The number of nitrogens with one attached hydrogen (secondary N) is 1. The Bertz CT molecular complexity index is 1380. The quantitative estimate of drug-likeness (QED) is 0.244. The van der Waals surface area contributed by atoms with Crippen LogP contribution in [0.1, 0.15) is 27.2 Å². The van der Waals surface area contributed by atoms with E-state index >= 15 is 0 Å². The van der Waals surface area contributed by atoms with Crippen LogP contribution in [0.25, 0.3) is 5.52 Å². The minimum atomic E-state index is -0.453. The molecule has 0 radical (unpaired) electrons. The zero-order chi connectivity index (χ0) is 24.1. The van der Waals surface area contributed by atoms with E-state index in [0.717, 1.165) is 5.52 Å². The van der Waals surface area contributed by atoms with Gasteiger partial charge in [-0.1, -0.05) is 18.2 Å². The molecule has 0 saturated heterocycles. The van der Waals surface area contributed by atoms with Crippen molar-refractivity contribution < 1.29 is 23.5 Å². The number of para-hydroxylation sites is 2. The van der Waals surface area contributed by atoms with E-state index in [2.05, 4.69) is 10.5 Å². The third-order valence-electron chi connectivity index (χ3n) is 5.27. The number of hydrogen-bond acceptors (Lipinski definition) is 5. The van der Waals surface area contributed by atoms with Crippen molar-refractivity contribution in [3.63, 3.8) is 0 Å². The van der Waals surface area contributed by atoms with Crippen molar-refractivity contribution in [1.82, 2.24) is 9.83 Å². The van der Waals surface area contributed by atoms with Crippen molar-refractivity contribution in [2.45, 2.75) is 6.92 Å². The second-order valence-electron chi connectivity index (χ2n) is 7.41. The van der Waals surface area contributed by atoms with Crippen LogP contribution in [0.15, 0.2) is 78.0 Å². The van der Waals surface area contributed by atoms with Crippen molar-refractivity contribution in [3.8, 4) is 11.5 Å². The number of amides is 1. The van der Waals surface area contributed by atoms with E-state index in [1.54, 1.807) is 41.8 Å². The highest BCUT2D eigenvalue weighted by molar-refractivity contribution is 6.12. The summed E-state index contributed by atoms with van der Waals surface area (Å²) in [7, 11) is 1.52. The van der Waals surface area contributed by atoms with Gasteiger partial charge in [-0.25, -0.2) is 9.82 Å². The SMILES string of the molecule is COc1ccccc1OCC(=O)N/N=C/c1c(C)c(C(=O)c2ccc(F)cc2)n2ccccc12. The Morgan fingerprint density at radius 3 is 2.47 bits per heavy atom. The van der Waals surface area contributed by atoms with Crippen LogP contribution in [0.4, 0.5) is 4.39 Å². The molecule has 2 aromatic carbocycles. The number of rotatable bonds is 8. The third kappa shape index (κ3) is 4.66. The number of nitrogens with zero attached hydrogens (tertiary/aromatic N) is 2. The molecule has 4 rings (SSSR count). The maximum atomic E-state index is 13.3. The molecule has 7 nitrogen and oxygen atoms in total. The summed E-state index contributed by atoms with van der Waals surface area (Å²) in [6.45, 7) is 1.55. The molecule has 2 heterocycles. The number of hydrogen-bond donors (Lipinski definition) is 1. The number of carbonyl (C=O) groups is 2. The van der Waals surface area contributed by atoms with Crippen LogP contribution >= 0.6 is 0 Å². The summed E-state index contributed by atoms with van der Waals surface area (Å²) < 4.78 is 25.7. The summed E-state index contributed by atoms with van der Waals surface area (Å²) in [6.07, 6.45) is 3.27. The van der Waals surface area contributed by atoms with Crippen molar-refractivity contribution in [1.29, 1.82) is 0 Å². The summed E-state index contributed by atoms with van der Waals surface area (Å²) in [4.78, 5) is 25.4. The first-order valence-corrected chi connectivity index (χ1v) is 10.5. The molecule has 0 aliphatic heterocycles. The minimum Gasteiger partial charge on any atom is -0.493 e. The summed E-state index contributed by atoms with van der Waals surface area (Å²) >= 11 is 0. The van der Waals surface area contributed by atoms with Crippen molar-refractivity contribution >= 4 is 23.4 Å². The first-order chi connectivity index (χ1) is 16.5. The molecular weight excluding hydrogens is 437 g/mol. The van der Waals surface area contributed by atoms with Gasteiger partial charge < -0.3 is 13.9 Å². The number of benzene rings is 2. The van der Waals surface area contributed by atoms with Crippen molar-refractivity contribution in [3.05, 3.63) is 101 Å². The fraction of sp³-hybridized carbons (Fsp3) is 0.115. The largest absolute Gasteiger partial charge is 0.493 e. The first kappa shape index (κ1) is 22.7. The molecule has 1 N–H and O–H groups in total. The number of methoxy groups -OCH3 is 1. The average Bonchev–Trinajstić information content (AvgIpc) is 3.14. The molecular formula is C26H22FN3O4. The Morgan fingerprint density at radius 1 is 1.03 bits per heavy atom. The lowest BCUT2D eigenvalue weighted by atomic mass is 10.0. The van der Waals surface area contributed by atoms with E-state index in [9.17, 15) is 14.0 Å². The number of aromatic nitrogens is 1. The normalized spacial score (nSPS) is 11.0. The fourth-order valence-electron chi connectivity index (χ4n) is 3.62. The standard InChI is InChI=1S/C26H22FN3O4/c1-17-20(15-28-29-24(31)16-34-23-9-4-3-8-22(23)33-2)21-7-5-6-14-30(21)25(17)26(32)18-10-12-19(27)13-11-18/h3-15H,16H2,1-2H3,(H,29,31)/b28-15+. The number of ketones is 1. The molecule has 0 spiro atoms. The lowest BCUT2D eigenvalue weighted by molar-refractivity contribution is -0.123. The lowest BCUT2D eigenvalue weighted by Crippen LogP contribution is -2.24. The Morgan fingerprint density at radius 2 is 1.74 bits per heavy atom. The highest BCUT2D eigenvalue weighted by atomic mass is 19.1. The molecule has 0 aliphatic carbocycles. The molecule has 0 bridgehead atoms. The predicted molar refractivity (Wildman–Crippen MR) is 126 cm³/mol. The van der Waals surface area contributed by atoms with Crippen LogP contribution in [-0.2, 0) is 4.79 Å². The van der Waals surface area contributed by atoms with Gasteiger partial charge in [0.2, 0.25) is 5.78 Å². The van der Waals surface area contributed by atoms with Gasteiger partial charge in [-0.2, -0.15) is 5.10 Å². The Balaban J connectivity index is 1.53. The highest BCUT2D eigenvalue weighted by Gasteiger charge is 2.21. The number of carbonyl (C=O) groups excluding carboxylic acids is 2. The molecule has 0 atom stereocenters. The number of pyridine rings is 1. The van der Waals surface area contributed by atoms with Gasteiger partial charge in [0.05, 0.1) is 24.5 Å². The molecule has 2 aromatic heterocycles. The van der Waals surface area contributed by atoms with Gasteiger partial charge in [-0.05, 0) is 61.0 Å². The van der Waals surface area contributed by atoms with E-state index in [0.29, 0.717) is 33.9 Å². The summed E-state index contributed by atoms with van der Waals surface area (Å²) in [5.74, 6) is -0.138. The highest BCUT2D eigenvalue weighted by Crippen LogP contribution is 2.26. The zero-order valence-corrected chi connectivity index (χ0v) is 18.6. The zero-order valence-electron chi connectivity index (χ0n) is 18.6. The van der Waals surface area contributed by atoms with E-state index in [4.69, 9.17) is 9.47 Å². The Kier molecular flexibility index (Phi) is 6.68. The topological polar surface area (TPSA) is 81.4 Å². The maximum Gasteiger partial charge on any atom is 0.277 e. The predicted octanol–water partition coefficient (Wildman–Crippen LogP) is 4.16. The smallest absolute Gasteiger partial charge is 0.277 e.